The number of amides is 2. The number of nitrogens with zero attached hydrogens (tertiary/aromatic N) is 1. The lowest BCUT2D eigenvalue weighted by molar-refractivity contribution is 0.142. The maximum Gasteiger partial charge on any atom is 0.315 e. The minimum Gasteiger partial charge on any atom is -0.390 e. The van der Waals surface area contributed by atoms with Gasteiger partial charge in [0, 0.05) is 12.6 Å². The van der Waals surface area contributed by atoms with Gasteiger partial charge in [0.15, 0.2) is 0 Å². The monoisotopic (exact) mass is 301 g/mol. The predicted molar refractivity (Wildman–Crippen MR) is 78.5 cm³/mol. The smallest absolute Gasteiger partial charge is 0.315 e. The van der Waals surface area contributed by atoms with Crippen molar-refractivity contribution in [3.63, 3.8) is 0 Å². The van der Waals surface area contributed by atoms with Crippen molar-refractivity contribution >= 4 is 6.03 Å². The topological polar surface area (TPSA) is 74.2 Å². The van der Waals surface area contributed by atoms with Crippen molar-refractivity contribution in [3.8, 4) is 0 Å². The third-order valence-corrected chi connectivity index (χ3v) is 3.74. The van der Waals surface area contributed by atoms with E-state index in [1.165, 1.54) is 18.3 Å². The first kappa shape index (κ1) is 14.5. The molecule has 1 aromatic heterocycles. The van der Waals surface area contributed by atoms with Gasteiger partial charge in [-0.15, -0.1) is 0 Å². The van der Waals surface area contributed by atoms with E-state index in [2.05, 4.69) is 15.6 Å². The van der Waals surface area contributed by atoms with Gasteiger partial charge in [-0.1, -0.05) is 24.3 Å². The molecule has 22 heavy (non-hydrogen) atoms. The van der Waals surface area contributed by atoms with Crippen LogP contribution in [0.4, 0.5) is 9.18 Å². The fourth-order valence-corrected chi connectivity index (χ4v) is 2.65. The average Bonchev–Trinajstić information content (AvgIpc) is 2.83. The number of carbonyl (C=O) groups excluding carboxylic acids is 1. The van der Waals surface area contributed by atoms with Gasteiger partial charge in [0.1, 0.15) is 5.82 Å². The molecule has 0 aliphatic heterocycles. The Kier molecular flexibility index (Phi) is 4.02. The Morgan fingerprint density at radius 3 is 2.95 bits per heavy atom. The molecule has 0 unspecified atom stereocenters. The number of rotatable bonds is 3. The van der Waals surface area contributed by atoms with Gasteiger partial charge in [-0.05, 0) is 23.3 Å². The van der Waals surface area contributed by atoms with E-state index in [-0.39, 0.29) is 12.2 Å². The third kappa shape index (κ3) is 2.92. The summed E-state index contributed by atoms with van der Waals surface area (Å²) in [4.78, 5) is 15.8. The molecule has 3 N–H and O–H groups in total. The Hall–Kier alpha value is -2.47. The lowest BCUT2D eigenvalue weighted by Crippen LogP contribution is -2.40. The molecule has 114 valence electrons. The van der Waals surface area contributed by atoms with Gasteiger partial charge in [0.25, 0.3) is 0 Å². The van der Waals surface area contributed by atoms with Crippen LogP contribution in [0.1, 0.15) is 22.9 Å². The van der Waals surface area contributed by atoms with Crippen LogP contribution in [-0.4, -0.2) is 22.2 Å². The summed E-state index contributed by atoms with van der Waals surface area (Å²) in [6.07, 6.45) is 1.32. The van der Waals surface area contributed by atoms with Gasteiger partial charge in [0.05, 0.1) is 24.4 Å². The quantitative estimate of drug-likeness (QED) is 0.807. The van der Waals surface area contributed by atoms with E-state index in [4.69, 9.17) is 0 Å². The van der Waals surface area contributed by atoms with Gasteiger partial charge in [-0.25, -0.2) is 9.18 Å². The second kappa shape index (κ2) is 6.11. The Balaban J connectivity index is 1.62. The van der Waals surface area contributed by atoms with Crippen LogP contribution in [0.15, 0.2) is 42.6 Å². The van der Waals surface area contributed by atoms with E-state index in [0.29, 0.717) is 6.42 Å². The highest BCUT2D eigenvalue weighted by Crippen LogP contribution is 2.30. The maximum atomic E-state index is 13.4. The first-order valence-corrected chi connectivity index (χ1v) is 7.05. The van der Waals surface area contributed by atoms with Crippen LogP contribution in [0.5, 0.6) is 0 Å². The van der Waals surface area contributed by atoms with Crippen LogP contribution in [0.25, 0.3) is 0 Å². The SMILES string of the molecule is O=C(NCc1ncccc1F)N[C@H]1c2ccccc2C[C@H]1O. The van der Waals surface area contributed by atoms with Crippen molar-refractivity contribution in [2.24, 2.45) is 0 Å². The molecule has 0 fully saturated rings. The molecule has 2 atom stereocenters. The van der Waals surface area contributed by atoms with Crippen molar-refractivity contribution in [2.75, 3.05) is 0 Å². The summed E-state index contributed by atoms with van der Waals surface area (Å²) in [5.74, 6) is -0.464. The molecule has 3 rings (SSSR count). The number of urea groups is 1. The summed E-state index contributed by atoms with van der Waals surface area (Å²) in [5.41, 5.74) is 2.11. The number of nitrogens with one attached hydrogen (secondary N) is 2. The zero-order chi connectivity index (χ0) is 15.5. The molecule has 2 amide bonds. The number of hydrogen-bond acceptors (Lipinski definition) is 3. The van der Waals surface area contributed by atoms with Crippen LogP contribution in [0.3, 0.4) is 0 Å². The summed E-state index contributed by atoms with van der Waals surface area (Å²) in [5, 5.41) is 15.4. The minimum absolute atomic E-state index is 0.0109. The molecule has 0 radical (unpaired) electrons. The third-order valence-electron chi connectivity index (χ3n) is 3.74. The van der Waals surface area contributed by atoms with Crippen LogP contribution in [-0.2, 0) is 13.0 Å². The standard InChI is InChI=1S/C16H16FN3O2/c17-12-6-3-7-18-13(12)9-19-16(22)20-15-11-5-2-1-4-10(11)8-14(15)21/h1-7,14-15,21H,8-9H2,(H2,19,20,22)/t14-,15+/m1/s1. The number of halogens is 1. The molecule has 2 aromatic rings. The fraction of sp³-hybridized carbons (Fsp3) is 0.250. The molecule has 0 spiro atoms. The molecular weight excluding hydrogens is 285 g/mol. The van der Waals surface area contributed by atoms with Crippen molar-refractivity contribution in [3.05, 3.63) is 65.2 Å². The Morgan fingerprint density at radius 2 is 2.14 bits per heavy atom. The van der Waals surface area contributed by atoms with E-state index < -0.39 is 24.0 Å². The first-order valence-electron chi connectivity index (χ1n) is 7.05. The highest BCUT2D eigenvalue weighted by atomic mass is 19.1. The van der Waals surface area contributed by atoms with Crippen LogP contribution >= 0.6 is 0 Å². The largest absolute Gasteiger partial charge is 0.390 e. The number of aliphatic hydroxyl groups is 1. The molecule has 0 saturated heterocycles. The van der Waals surface area contributed by atoms with Gasteiger partial charge >= 0.3 is 6.03 Å². The molecule has 1 aliphatic rings. The van der Waals surface area contributed by atoms with E-state index in [1.807, 2.05) is 24.3 Å². The number of fused-ring (bicyclic) bond motifs is 1. The van der Waals surface area contributed by atoms with Crippen LogP contribution < -0.4 is 10.6 Å². The normalized spacial score (nSPS) is 19.5. The molecule has 1 aromatic carbocycles. The van der Waals surface area contributed by atoms with Crippen LogP contribution in [0.2, 0.25) is 0 Å². The number of benzene rings is 1. The molecule has 1 aliphatic carbocycles. The number of carbonyl (C=O) groups is 1. The van der Waals surface area contributed by atoms with E-state index in [0.717, 1.165) is 11.1 Å². The Bertz CT molecular complexity index is 693. The predicted octanol–water partition coefficient (Wildman–Crippen LogP) is 1.68. The number of aliphatic hydroxyl groups excluding tert-OH is 1. The molecule has 1 heterocycles. The lowest BCUT2D eigenvalue weighted by Gasteiger charge is -2.18. The molecule has 0 saturated carbocycles. The van der Waals surface area contributed by atoms with Crippen LogP contribution in [0, 0.1) is 5.82 Å². The highest BCUT2D eigenvalue weighted by Gasteiger charge is 2.31. The number of hydrogen-bond donors (Lipinski definition) is 3. The first-order chi connectivity index (χ1) is 10.6. The van der Waals surface area contributed by atoms with Gasteiger partial charge < -0.3 is 15.7 Å². The highest BCUT2D eigenvalue weighted by molar-refractivity contribution is 5.74. The fourth-order valence-electron chi connectivity index (χ4n) is 2.65. The summed E-state index contributed by atoms with van der Waals surface area (Å²) >= 11 is 0. The van der Waals surface area contributed by atoms with E-state index in [1.54, 1.807) is 0 Å². The van der Waals surface area contributed by atoms with Crippen molar-refractivity contribution in [2.45, 2.75) is 25.1 Å². The molecule has 5 nitrogen and oxygen atoms in total. The van der Waals surface area contributed by atoms with Crippen molar-refractivity contribution in [1.29, 1.82) is 0 Å². The molecule has 6 heteroatoms. The average molecular weight is 301 g/mol. The summed E-state index contributed by atoms with van der Waals surface area (Å²) in [6.45, 7) is -0.0109. The summed E-state index contributed by atoms with van der Waals surface area (Å²) in [7, 11) is 0. The summed E-state index contributed by atoms with van der Waals surface area (Å²) in [6, 6.07) is 9.44. The molecular formula is C16H16FN3O2. The zero-order valence-corrected chi connectivity index (χ0v) is 11.8. The molecule has 0 bridgehead atoms. The second-order valence-electron chi connectivity index (χ2n) is 5.21. The second-order valence-corrected chi connectivity index (χ2v) is 5.21. The van der Waals surface area contributed by atoms with Gasteiger partial charge in [-0.3, -0.25) is 4.98 Å². The number of pyridine rings is 1. The van der Waals surface area contributed by atoms with E-state index >= 15 is 0 Å². The summed E-state index contributed by atoms with van der Waals surface area (Å²) < 4.78 is 13.4. The van der Waals surface area contributed by atoms with Crippen molar-refractivity contribution < 1.29 is 14.3 Å². The van der Waals surface area contributed by atoms with Gasteiger partial charge in [-0.2, -0.15) is 0 Å². The Labute approximate surface area is 127 Å². The minimum atomic E-state index is -0.658. The number of aromatic nitrogens is 1. The van der Waals surface area contributed by atoms with E-state index in [9.17, 15) is 14.3 Å². The Morgan fingerprint density at radius 1 is 1.32 bits per heavy atom. The van der Waals surface area contributed by atoms with Gasteiger partial charge in [0.2, 0.25) is 0 Å². The van der Waals surface area contributed by atoms with Crippen molar-refractivity contribution in [1.82, 2.24) is 15.6 Å². The lowest BCUT2D eigenvalue weighted by atomic mass is 10.1. The zero-order valence-electron chi connectivity index (χ0n) is 11.8. The maximum absolute atomic E-state index is 13.4.